The third-order valence-electron chi connectivity index (χ3n) is 3.11. The van der Waals surface area contributed by atoms with Gasteiger partial charge in [0.1, 0.15) is 5.82 Å². The van der Waals surface area contributed by atoms with Gasteiger partial charge in [0.15, 0.2) is 0 Å². The number of benzene rings is 2. The third kappa shape index (κ3) is 3.82. The molecule has 1 nitrogen and oxygen atoms in total. The van der Waals surface area contributed by atoms with Gasteiger partial charge in [-0.1, -0.05) is 31.2 Å². The van der Waals surface area contributed by atoms with Gasteiger partial charge < -0.3 is 5.32 Å². The van der Waals surface area contributed by atoms with Crippen molar-refractivity contribution in [2.45, 2.75) is 19.6 Å². The fourth-order valence-corrected chi connectivity index (χ4v) is 2.05. The molecule has 112 valence electrons. The van der Waals surface area contributed by atoms with E-state index in [-0.39, 0.29) is 0 Å². The van der Waals surface area contributed by atoms with Crippen molar-refractivity contribution in [3.05, 3.63) is 59.4 Å². The molecule has 0 radical (unpaired) electrons. The highest BCUT2D eigenvalue weighted by Crippen LogP contribution is 2.34. The molecule has 5 heteroatoms. The zero-order valence-corrected chi connectivity index (χ0v) is 11.5. The lowest BCUT2D eigenvalue weighted by molar-refractivity contribution is -0.139. The molecule has 0 aliphatic rings. The van der Waals surface area contributed by atoms with Crippen LogP contribution in [0.3, 0.4) is 0 Å². The van der Waals surface area contributed by atoms with Gasteiger partial charge in [-0.25, -0.2) is 4.39 Å². The smallest absolute Gasteiger partial charge is 0.313 e. The second-order valence-electron chi connectivity index (χ2n) is 4.67. The Bertz CT molecular complexity index is 620. The molecule has 0 atom stereocenters. The van der Waals surface area contributed by atoms with Crippen LogP contribution in [0.5, 0.6) is 0 Å². The molecule has 0 aliphatic carbocycles. The molecule has 0 unspecified atom stereocenters. The van der Waals surface area contributed by atoms with Crippen molar-refractivity contribution in [2.24, 2.45) is 0 Å². The van der Waals surface area contributed by atoms with Gasteiger partial charge in [-0.05, 0) is 41.4 Å². The predicted molar refractivity (Wildman–Crippen MR) is 74.2 cm³/mol. The first-order valence-electron chi connectivity index (χ1n) is 6.58. The van der Waals surface area contributed by atoms with Crippen LogP contribution >= 0.6 is 0 Å². The number of hydrogen-bond acceptors (Lipinski definition) is 1. The van der Waals surface area contributed by atoms with Crippen LogP contribution in [0.4, 0.5) is 17.6 Å². The molecule has 0 amide bonds. The molecule has 0 saturated carbocycles. The van der Waals surface area contributed by atoms with Crippen molar-refractivity contribution in [1.29, 1.82) is 0 Å². The van der Waals surface area contributed by atoms with E-state index in [1.54, 1.807) is 18.2 Å². The van der Waals surface area contributed by atoms with Crippen molar-refractivity contribution in [3.8, 4) is 11.1 Å². The van der Waals surface area contributed by atoms with Crippen LogP contribution in [-0.4, -0.2) is 6.54 Å². The van der Waals surface area contributed by atoms with Crippen molar-refractivity contribution in [1.82, 2.24) is 5.32 Å². The summed E-state index contributed by atoms with van der Waals surface area (Å²) in [6.07, 6.45) is -4.69. The lowest BCUT2D eigenvalue weighted by Crippen LogP contribution is -2.11. The van der Waals surface area contributed by atoms with E-state index in [9.17, 15) is 17.6 Å². The van der Waals surface area contributed by atoms with E-state index in [1.165, 1.54) is 6.07 Å². The van der Waals surface area contributed by atoms with Crippen molar-refractivity contribution in [3.63, 3.8) is 0 Å². The normalized spacial score (nSPS) is 11.7. The minimum atomic E-state index is -4.69. The first-order valence-corrected chi connectivity index (χ1v) is 6.58. The summed E-state index contributed by atoms with van der Waals surface area (Å²) in [5, 5.41) is 3.15. The van der Waals surface area contributed by atoms with Crippen LogP contribution in [0.1, 0.15) is 18.1 Å². The summed E-state index contributed by atoms with van der Waals surface area (Å²) in [7, 11) is 0. The van der Waals surface area contributed by atoms with Gasteiger partial charge in [0.25, 0.3) is 0 Å². The number of rotatable bonds is 4. The topological polar surface area (TPSA) is 12.0 Å². The molecule has 0 heterocycles. The highest BCUT2D eigenvalue weighted by atomic mass is 19.4. The number of hydrogen-bond donors (Lipinski definition) is 1. The Morgan fingerprint density at radius 2 is 1.71 bits per heavy atom. The molecule has 21 heavy (non-hydrogen) atoms. The first kappa shape index (κ1) is 15.5. The molecular formula is C16H15F4N. The number of nitrogens with one attached hydrogen (secondary N) is 1. The second kappa shape index (κ2) is 6.26. The van der Waals surface area contributed by atoms with Gasteiger partial charge in [-0.15, -0.1) is 0 Å². The van der Waals surface area contributed by atoms with Crippen LogP contribution in [0, 0.1) is 5.82 Å². The molecule has 0 aromatic heterocycles. The Morgan fingerprint density at radius 1 is 1.00 bits per heavy atom. The van der Waals surface area contributed by atoms with Gasteiger partial charge in [0.05, 0.1) is 5.56 Å². The SMILES string of the molecule is CCNCc1cccc(-c2ccc(F)c(C(F)(F)F)c2)c1. The highest BCUT2D eigenvalue weighted by Gasteiger charge is 2.34. The van der Waals surface area contributed by atoms with Gasteiger partial charge in [-0.3, -0.25) is 0 Å². The van der Waals surface area contributed by atoms with E-state index >= 15 is 0 Å². The van der Waals surface area contributed by atoms with Crippen LogP contribution in [0.2, 0.25) is 0 Å². The van der Waals surface area contributed by atoms with E-state index in [0.717, 1.165) is 24.2 Å². The Balaban J connectivity index is 2.38. The summed E-state index contributed by atoms with van der Waals surface area (Å²) in [4.78, 5) is 0. The molecule has 0 fully saturated rings. The van der Waals surface area contributed by atoms with Gasteiger partial charge in [-0.2, -0.15) is 13.2 Å². The molecule has 1 N–H and O–H groups in total. The molecule has 2 aromatic rings. The monoisotopic (exact) mass is 297 g/mol. The third-order valence-corrected chi connectivity index (χ3v) is 3.11. The standard InChI is InChI=1S/C16H15F4N/c1-2-21-10-11-4-3-5-12(8-11)13-6-7-15(17)14(9-13)16(18,19)20/h3-9,21H,2,10H2,1H3. The molecular weight excluding hydrogens is 282 g/mol. The Morgan fingerprint density at radius 3 is 2.38 bits per heavy atom. The van der Waals surface area contributed by atoms with E-state index in [0.29, 0.717) is 17.7 Å². The maximum absolute atomic E-state index is 13.3. The van der Waals surface area contributed by atoms with E-state index < -0.39 is 17.6 Å². The highest BCUT2D eigenvalue weighted by molar-refractivity contribution is 5.65. The van der Waals surface area contributed by atoms with Crippen molar-refractivity contribution in [2.75, 3.05) is 6.54 Å². The van der Waals surface area contributed by atoms with Crippen molar-refractivity contribution >= 4 is 0 Å². The quantitative estimate of drug-likeness (QED) is 0.812. The zero-order valence-electron chi connectivity index (χ0n) is 11.5. The molecule has 2 rings (SSSR count). The van der Waals surface area contributed by atoms with Gasteiger partial charge >= 0.3 is 6.18 Å². The fourth-order valence-electron chi connectivity index (χ4n) is 2.05. The molecule has 0 bridgehead atoms. The summed E-state index contributed by atoms with van der Waals surface area (Å²) in [5.41, 5.74) is 0.710. The molecule has 0 aliphatic heterocycles. The van der Waals surface area contributed by atoms with Gasteiger partial charge in [0.2, 0.25) is 0 Å². The number of alkyl halides is 3. The van der Waals surface area contributed by atoms with E-state index in [2.05, 4.69) is 5.32 Å². The Labute approximate surface area is 120 Å². The van der Waals surface area contributed by atoms with Crippen LogP contribution in [0.25, 0.3) is 11.1 Å². The van der Waals surface area contributed by atoms with E-state index in [4.69, 9.17) is 0 Å². The lowest BCUT2D eigenvalue weighted by atomic mass is 10.0. The zero-order chi connectivity index (χ0) is 15.5. The molecule has 0 spiro atoms. The lowest BCUT2D eigenvalue weighted by Gasteiger charge is -2.11. The maximum atomic E-state index is 13.3. The minimum absolute atomic E-state index is 0.349. The summed E-state index contributed by atoms with van der Waals surface area (Å²) < 4.78 is 51.5. The summed E-state index contributed by atoms with van der Waals surface area (Å²) >= 11 is 0. The summed E-state index contributed by atoms with van der Waals surface area (Å²) in [5.74, 6) is -1.25. The summed E-state index contributed by atoms with van der Waals surface area (Å²) in [6, 6.07) is 10.2. The average molecular weight is 297 g/mol. The van der Waals surface area contributed by atoms with Crippen LogP contribution in [0.15, 0.2) is 42.5 Å². The Kier molecular flexibility index (Phi) is 4.63. The molecule has 2 aromatic carbocycles. The predicted octanol–water partition coefficient (Wildman–Crippen LogP) is 4.62. The summed E-state index contributed by atoms with van der Waals surface area (Å²) in [6.45, 7) is 3.41. The first-order chi connectivity index (χ1) is 9.91. The maximum Gasteiger partial charge on any atom is 0.419 e. The Hall–Kier alpha value is -1.88. The average Bonchev–Trinajstić information content (AvgIpc) is 2.44. The van der Waals surface area contributed by atoms with Crippen molar-refractivity contribution < 1.29 is 17.6 Å². The number of halogens is 4. The van der Waals surface area contributed by atoms with Gasteiger partial charge in [0, 0.05) is 6.54 Å². The van der Waals surface area contributed by atoms with Crippen LogP contribution < -0.4 is 5.32 Å². The minimum Gasteiger partial charge on any atom is -0.313 e. The van der Waals surface area contributed by atoms with Crippen LogP contribution in [-0.2, 0) is 12.7 Å². The second-order valence-corrected chi connectivity index (χ2v) is 4.67. The fraction of sp³-hybridized carbons (Fsp3) is 0.250. The molecule has 0 saturated heterocycles. The van der Waals surface area contributed by atoms with E-state index in [1.807, 2.05) is 13.0 Å². The largest absolute Gasteiger partial charge is 0.419 e.